The van der Waals surface area contributed by atoms with Crippen LogP contribution in [0.25, 0.3) is 0 Å². The molecule has 4 rings (SSSR count). The smallest absolute Gasteiger partial charge is 0.273 e. The van der Waals surface area contributed by atoms with Crippen LogP contribution in [-0.4, -0.2) is 34.1 Å². The van der Waals surface area contributed by atoms with E-state index in [2.05, 4.69) is 21.7 Å². The highest BCUT2D eigenvalue weighted by molar-refractivity contribution is 5.91. The number of benzene rings is 2. The van der Waals surface area contributed by atoms with Gasteiger partial charge in [-0.1, -0.05) is 35.5 Å². The number of aromatic nitrogens is 3. The topological polar surface area (TPSA) is 69.0 Å². The first kappa shape index (κ1) is 18.2. The molecule has 0 bridgehead atoms. The van der Waals surface area contributed by atoms with Gasteiger partial charge in [0.05, 0.1) is 19.3 Å². The van der Waals surface area contributed by atoms with E-state index in [0.717, 1.165) is 12.0 Å². The molecule has 1 N–H and O–H groups in total. The summed E-state index contributed by atoms with van der Waals surface area (Å²) in [5.41, 5.74) is 2.21. The second-order valence-corrected chi connectivity index (χ2v) is 6.52. The Morgan fingerprint density at radius 2 is 1.96 bits per heavy atom. The zero-order valence-corrected chi connectivity index (χ0v) is 14.9. The van der Waals surface area contributed by atoms with Crippen molar-refractivity contribution >= 4 is 5.91 Å². The van der Waals surface area contributed by atoms with E-state index < -0.39 is 17.5 Å². The molecule has 1 atom stereocenters. The van der Waals surface area contributed by atoms with Gasteiger partial charge >= 0.3 is 0 Å². The van der Waals surface area contributed by atoms with Gasteiger partial charge in [0, 0.05) is 12.1 Å². The first-order valence-electron chi connectivity index (χ1n) is 8.92. The van der Waals surface area contributed by atoms with Gasteiger partial charge in [0.15, 0.2) is 5.69 Å². The third-order valence-electron chi connectivity index (χ3n) is 4.69. The molecular formula is C20H18F2N4O2. The van der Waals surface area contributed by atoms with Crippen LogP contribution in [0.15, 0.2) is 48.7 Å². The molecule has 6 nitrogen and oxygen atoms in total. The summed E-state index contributed by atoms with van der Waals surface area (Å²) in [6.07, 6.45) is 1.98. The average molecular weight is 384 g/mol. The Morgan fingerprint density at radius 3 is 2.79 bits per heavy atom. The van der Waals surface area contributed by atoms with Gasteiger partial charge < -0.3 is 10.1 Å². The van der Waals surface area contributed by atoms with Crippen LogP contribution in [0.3, 0.4) is 0 Å². The number of nitrogens with one attached hydrogen (secondary N) is 1. The number of nitrogens with zero attached hydrogens (tertiary/aromatic N) is 3. The molecule has 3 aromatic rings. The average Bonchev–Trinajstić information content (AvgIpc) is 3.18. The molecule has 0 saturated heterocycles. The van der Waals surface area contributed by atoms with Crippen molar-refractivity contribution in [1.82, 2.24) is 20.3 Å². The highest BCUT2D eigenvalue weighted by Crippen LogP contribution is 2.26. The van der Waals surface area contributed by atoms with Crippen LogP contribution in [0.1, 0.15) is 33.3 Å². The molecule has 1 aliphatic rings. The van der Waals surface area contributed by atoms with Crippen LogP contribution in [0.2, 0.25) is 0 Å². The lowest BCUT2D eigenvalue weighted by Crippen LogP contribution is -2.32. The fourth-order valence-electron chi connectivity index (χ4n) is 3.25. The zero-order chi connectivity index (χ0) is 19.5. The Bertz CT molecular complexity index is 985. The van der Waals surface area contributed by atoms with E-state index in [0.29, 0.717) is 13.2 Å². The molecule has 144 valence electrons. The fourth-order valence-corrected chi connectivity index (χ4v) is 3.25. The van der Waals surface area contributed by atoms with Gasteiger partial charge in [0.2, 0.25) is 0 Å². The number of amides is 1. The fraction of sp³-hybridized carbons (Fsp3) is 0.250. The molecule has 28 heavy (non-hydrogen) atoms. The Morgan fingerprint density at radius 1 is 1.18 bits per heavy atom. The summed E-state index contributed by atoms with van der Waals surface area (Å²) in [7, 11) is 0. The molecule has 0 saturated carbocycles. The molecule has 8 heteroatoms. The molecule has 0 fully saturated rings. The second-order valence-electron chi connectivity index (χ2n) is 6.52. The maximum absolute atomic E-state index is 13.8. The second kappa shape index (κ2) is 7.85. The van der Waals surface area contributed by atoms with Crippen LogP contribution in [-0.2, 0) is 17.7 Å². The van der Waals surface area contributed by atoms with Crippen molar-refractivity contribution in [3.63, 3.8) is 0 Å². The molecule has 0 unspecified atom stereocenters. The van der Waals surface area contributed by atoms with Crippen molar-refractivity contribution in [3.8, 4) is 0 Å². The number of carbonyl (C=O) groups excluding carboxylic acids is 1. The molecule has 0 spiro atoms. The van der Waals surface area contributed by atoms with Gasteiger partial charge in [-0.3, -0.25) is 4.79 Å². The molecule has 1 aromatic heterocycles. The molecular weight excluding hydrogens is 366 g/mol. The van der Waals surface area contributed by atoms with Crippen LogP contribution in [0, 0.1) is 11.6 Å². The first-order chi connectivity index (χ1) is 13.6. The highest BCUT2D eigenvalue weighted by Gasteiger charge is 2.22. The van der Waals surface area contributed by atoms with Gasteiger partial charge in [-0.25, -0.2) is 13.5 Å². The number of hydrogen-bond donors (Lipinski definition) is 1. The predicted octanol–water partition coefficient (Wildman–Crippen LogP) is 2.65. The summed E-state index contributed by atoms with van der Waals surface area (Å²) in [6, 6.07) is 11.6. The summed E-state index contributed by atoms with van der Waals surface area (Å²) >= 11 is 0. The molecule has 1 amide bonds. The van der Waals surface area contributed by atoms with E-state index in [-0.39, 0.29) is 23.9 Å². The van der Waals surface area contributed by atoms with Gasteiger partial charge in [0.1, 0.15) is 17.7 Å². The molecule has 2 heterocycles. The monoisotopic (exact) mass is 384 g/mol. The Labute approximate surface area is 160 Å². The van der Waals surface area contributed by atoms with E-state index in [1.807, 2.05) is 18.2 Å². The maximum Gasteiger partial charge on any atom is 0.273 e. The number of halogens is 2. The Balaban J connectivity index is 1.40. The maximum atomic E-state index is 13.8. The molecule has 1 aliphatic heterocycles. The zero-order valence-electron chi connectivity index (χ0n) is 14.9. The van der Waals surface area contributed by atoms with E-state index in [1.54, 1.807) is 0 Å². The van der Waals surface area contributed by atoms with E-state index in [4.69, 9.17) is 4.74 Å². The summed E-state index contributed by atoms with van der Waals surface area (Å²) in [5.74, 6) is -1.77. The van der Waals surface area contributed by atoms with Gasteiger partial charge in [-0.15, -0.1) is 5.10 Å². The third-order valence-corrected chi connectivity index (χ3v) is 4.69. The number of fused-ring (bicyclic) bond motifs is 1. The van der Waals surface area contributed by atoms with Crippen molar-refractivity contribution in [2.24, 2.45) is 0 Å². The Kier molecular flexibility index (Phi) is 5.12. The molecule has 0 radical (unpaired) electrons. The molecule has 0 aliphatic carbocycles. The van der Waals surface area contributed by atoms with E-state index >= 15 is 0 Å². The normalized spacial score (nSPS) is 15.9. The van der Waals surface area contributed by atoms with Crippen LogP contribution in [0.4, 0.5) is 8.78 Å². The number of hydrogen-bond acceptors (Lipinski definition) is 4. The van der Waals surface area contributed by atoms with Crippen molar-refractivity contribution < 1.29 is 18.3 Å². The van der Waals surface area contributed by atoms with Crippen LogP contribution in [0.5, 0.6) is 0 Å². The summed E-state index contributed by atoms with van der Waals surface area (Å²) < 4.78 is 34.5. The van der Waals surface area contributed by atoms with E-state index in [1.165, 1.54) is 34.6 Å². The van der Waals surface area contributed by atoms with Crippen molar-refractivity contribution in [2.45, 2.75) is 19.1 Å². The minimum absolute atomic E-state index is 0.0702. The summed E-state index contributed by atoms with van der Waals surface area (Å²) in [5, 5.41) is 10.4. The van der Waals surface area contributed by atoms with Crippen molar-refractivity contribution in [2.75, 3.05) is 13.2 Å². The minimum atomic E-state index is -0.672. The van der Waals surface area contributed by atoms with Gasteiger partial charge in [-0.05, 0) is 29.7 Å². The van der Waals surface area contributed by atoms with Crippen LogP contribution >= 0.6 is 0 Å². The lowest BCUT2D eigenvalue weighted by molar-refractivity contribution is 0.0411. The summed E-state index contributed by atoms with van der Waals surface area (Å²) in [4.78, 5) is 12.4. The lowest BCUT2D eigenvalue weighted by Gasteiger charge is -2.26. The largest absolute Gasteiger partial charge is 0.371 e. The lowest BCUT2D eigenvalue weighted by atomic mass is 9.97. The number of ether oxygens (including phenoxy) is 1. The summed E-state index contributed by atoms with van der Waals surface area (Å²) in [6.45, 7) is 0.741. The van der Waals surface area contributed by atoms with Crippen molar-refractivity contribution in [3.05, 3.63) is 82.7 Å². The standard InChI is InChI=1S/C20H18F2N4O2/c21-16-6-3-7-17(22)15(16)11-26-12-18(24-25-26)20(27)23-10-19-14-5-2-1-4-13(14)8-9-28-19/h1-7,12,19H,8-11H2,(H,23,27)/t19-/m0/s1. The van der Waals surface area contributed by atoms with E-state index in [9.17, 15) is 13.6 Å². The predicted molar refractivity (Wildman–Crippen MR) is 96.7 cm³/mol. The molecule has 2 aromatic carbocycles. The number of carbonyl (C=O) groups is 1. The van der Waals surface area contributed by atoms with Crippen LogP contribution < -0.4 is 5.32 Å². The minimum Gasteiger partial charge on any atom is -0.371 e. The number of rotatable bonds is 5. The quantitative estimate of drug-likeness (QED) is 0.734. The van der Waals surface area contributed by atoms with Gasteiger partial charge in [-0.2, -0.15) is 0 Å². The van der Waals surface area contributed by atoms with Crippen molar-refractivity contribution in [1.29, 1.82) is 0 Å². The Hall–Kier alpha value is -3.13. The highest BCUT2D eigenvalue weighted by atomic mass is 19.1. The third kappa shape index (κ3) is 3.77. The first-order valence-corrected chi connectivity index (χ1v) is 8.92. The SMILES string of the molecule is O=C(NC[C@@H]1OCCc2ccccc21)c1cn(Cc2c(F)cccc2F)nn1. The van der Waals surface area contributed by atoms with Gasteiger partial charge in [0.25, 0.3) is 5.91 Å².